The smallest absolute Gasteiger partial charge is 0.135 e. The predicted molar refractivity (Wildman–Crippen MR) is 55.2 cm³/mol. The number of hydrogen-bond acceptors (Lipinski definition) is 4. The van der Waals surface area contributed by atoms with E-state index in [0.717, 1.165) is 16.7 Å². The molecule has 0 saturated heterocycles. The molecule has 4 nitrogen and oxygen atoms in total. The van der Waals surface area contributed by atoms with Gasteiger partial charge in [-0.2, -0.15) is 0 Å². The van der Waals surface area contributed by atoms with Gasteiger partial charge in [-0.25, -0.2) is 9.97 Å². The summed E-state index contributed by atoms with van der Waals surface area (Å²) in [5, 5.41) is 0.829. The number of benzene rings is 1. The van der Waals surface area contributed by atoms with Gasteiger partial charge in [0.05, 0.1) is 12.6 Å². The van der Waals surface area contributed by atoms with E-state index < -0.39 is 0 Å². The summed E-state index contributed by atoms with van der Waals surface area (Å²) in [6.07, 6.45) is 0. The quantitative estimate of drug-likeness (QED) is 0.739. The highest BCUT2D eigenvalue weighted by atomic mass is 16.5. The van der Waals surface area contributed by atoms with Crippen molar-refractivity contribution in [3.63, 3.8) is 0 Å². The first-order valence-corrected chi connectivity index (χ1v) is 4.28. The number of nitrogens with two attached hydrogens (primary N) is 1. The van der Waals surface area contributed by atoms with Crippen LogP contribution in [-0.4, -0.2) is 17.1 Å². The van der Waals surface area contributed by atoms with Crippen molar-refractivity contribution in [2.24, 2.45) is 0 Å². The number of methoxy groups -OCH3 is 1. The van der Waals surface area contributed by atoms with Gasteiger partial charge >= 0.3 is 0 Å². The average molecular weight is 189 g/mol. The Balaban J connectivity index is 2.75. The molecule has 0 radical (unpaired) electrons. The van der Waals surface area contributed by atoms with Gasteiger partial charge in [-0.05, 0) is 25.1 Å². The largest absolute Gasteiger partial charge is 0.497 e. The summed E-state index contributed by atoms with van der Waals surface area (Å²) in [5.74, 6) is 1.93. The summed E-state index contributed by atoms with van der Waals surface area (Å²) < 4.78 is 5.10. The Morgan fingerprint density at radius 1 is 1.29 bits per heavy atom. The number of ether oxygens (including phenoxy) is 1. The van der Waals surface area contributed by atoms with Crippen molar-refractivity contribution in [3.05, 3.63) is 24.0 Å². The molecule has 0 bridgehead atoms. The van der Waals surface area contributed by atoms with Crippen molar-refractivity contribution in [3.8, 4) is 5.75 Å². The molecular weight excluding hydrogens is 178 g/mol. The van der Waals surface area contributed by atoms with Gasteiger partial charge in [0.15, 0.2) is 0 Å². The minimum absolute atomic E-state index is 0.492. The van der Waals surface area contributed by atoms with Crippen LogP contribution in [0.15, 0.2) is 18.2 Å². The summed E-state index contributed by atoms with van der Waals surface area (Å²) in [6, 6.07) is 5.57. The highest BCUT2D eigenvalue weighted by molar-refractivity contribution is 5.89. The molecule has 1 aromatic heterocycles. The van der Waals surface area contributed by atoms with Crippen molar-refractivity contribution in [1.82, 2.24) is 9.97 Å². The van der Waals surface area contributed by atoms with Crippen LogP contribution in [0.25, 0.3) is 10.9 Å². The number of aryl methyl sites for hydroxylation is 1. The lowest BCUT2D eigenvalue weighted by Gasteiger charge is -2.04. The fourth-order valence-corrected chi connectivity index (χ4v) is 1.38. The number of fused-ring (bicyclic) bond motifs is 1. The molecule has 14 heavy (non-hydrogen) atoms. The van der Waals surface area contributed by atoms with Gasteiger partial charge in [-0.15, -0.1) is 0 Å². The van der Waals surface area contributed by atoms with E-state index in [-0.39, 0.29) is 0 Å². The maximum absolute atomic E-state index is 5.77. The lowest BCUT2D eigenvalue weighted by atomic mass is 10.2. The predicted octanol–water partition coefficient (Wildman–Crippen LogP) is 1.53. The van der Waals surface area contributed by atoms with E-state index in [1.165, 1.54) is 0 Å². The second kappa shape index (κ2) is 3.14. The summed E-state index contributed by atoms with van der Waals surface area (Å²) in [7, 11) is 1.62. The number of anilines is 1. The maximum atomic E-state index is 5.77. The third-order valence-corrected chi connectivity index (χ3v) is 2.04. The molecule has 72 valence electrons. The molecule has 0 unspecified atom stereocenters. The van der Waals surface area contributed by atoms with Crippen LogP contribution in [0.4, 0.5) is 5.82 Å². The van der Waals surface area contributed by atoms with Gasteiger partial charge in [0.25, 0.3) is 0 Å². The fraction of sp³-hybridized carbons (Fsp3) is 0.200. The Bertz CT molecular complexity index is 482. The molecule has 2 N–H and O–H groups in total. The summed E-state index contributed by atoms with van der Waals surface area (Å²) in [5.41, 5.74) is 6.62. The van der Waals surface area contributed by atoms with Crippen LogP contribution >= 0.6 is 0 Å². The van der Waals surface area contributed by atoms with Crippen molar-refractivity contribution < 1.29 is 4.74 Å². The summed E-state index contributed by atoms with van der Waals surface area (Å²) in [4.78, 5) is 8.35. The fourth-order valence-electron chi connectivity index (χ4n) is 1.38. The van der Waals surface area contributed by atoms with E-state index in [2.05, 4.69) is 9.97 Å². The highest BCUT2D eigenvalue weighted by Gasteiger charge is 2.03. The molecule has 0 aliphatic rings. The standard InChI is InChI=1S/C10H11N3O/c1-6-12-9-4-3-7(14-2)5-8(9)10(11)13-6/h3-5H,1-2H3,(H2,11,12,13). The molecule has 2 rings (SSSR count). The first-order chi connectivity index (χ1) is 6.70. The van der Waals surface area contributed by atoms with Crippen LogP contribution in [-0.2, 0) is 0 Å². The third-order valence-electron chi connectivity index (χ3n) is 2.04. The summed E-state index contributed by atoms with van der Waals surface area (Å²) >= 11 is 0. The van der Waals surface area contributed by atoms with Gasteiger partial charge < -0.3 is 10.5 Å². The second-order valence-corrected chi connectivity index (χ2v) is 3.04. The SMILES string of the molecule is COc1ccc2nc(C)nc(N)c2c1. The molecule has 0 atom stereocenters. The number of nitrogens with zero attached hydrogens (tertiary/aromatic N) is 2. The van der Waals surface area contributed by atoms with Crippen molar-refractivity contribution in [2.45, 2.75) is 6.92 Å². The zero-order valence-electron chi connectivity index (χ0n) is 8.11. The van der Waals surface area contributed by atoms with Crippen molar-refractivity contribution in [1.29, 1.82) is 0 Å². The molecule has 0 fully saturated rings. The Labute approximate surface area is 81.7 Å². The van der Waals surface area contributed by atoms with Crippen LogP contribution < -0.4 is 10.5 Å². The molecule has 0 saturated carbocycles. The van der Waals surface area contributed by atoms with Crippen molar-refractivity contribution >= 4 is 16.7 Å². The number of hydrogen-bond donors (Lipinski definition) is 1. The van der Waals surface area contributed by atoms with E-state index in [1.54, 1.807) is 7.11 Å². The van der Waals surface area contributed by atoms with Crippen LogP contribution in [0.5, 0.6) is 5.75 Å². The minimum atomic E-state index is 0.492. The van der Waals surface area contributed by atoms with Crippen LogP contribution in [0.1, 0.15) is 5.82 Å². The van der Waals surface area contributed by atoms with Gasteiger partial charge in [0.2, 0.25) is 0 Å². The highest BCUT2D eigenvalue weighted by Crippen LogP contribution is 2.22. The van der Waals surface area contributed by atoms with Crippen LogP contribution in [0.3, 0.4) is 0 Å². The Morgan fingerprint density at radius 3 is 2.79 bits per heavy atom. The molecule has 0 amide bonds. The third kappa shape index (κ3) is 1.35. The molecule has 2 aromatic rings. The minimum Gasteiger partial charge on any atom is -0.497 e. The first kappa shape index (κ1) is 8.74. The van der Waals surface area contributed by atoms with E-state index in [1.807, 2.05) is 25.1 Å². The van der Waals surface area contributed by atoms with Gasteiger partial charge in [-0.1, -0.05) is 0 Å². The number of aromatic nitrogens is 2. The number of rotatable bonds is 1. The van der Waals surface area contributed by atoms with Gasteiger partial charge in [-0.3, -0.25) is 0 Å². The molecule has 0 aliphatic carbocycles. The Hall–Kier alpha value is -1.84. The van der Waals surface area contributed by atoms with E-state index in [9.17, 15) is 0 Å². The molecule has 1 heterocycles. The maximum Gasteiger partial charge on any atom is 0.135 e. The normalized spacial score (nSPS) is 10.4. The lowest BCUT2D eigenvalue weighted by Crippen LogP contribution is -1.97. The first-order valence-electron chi connectivity index (χ1n) is 4.28. The van der Waals surface area contributed by atoms with Gasteiger partial charge in [0, 0.05) is 5.39 Å². The van der Waals surface area contributed by atoms with Gasteiger partial charge in [0.1, 0.15) is 17.4 Å². The topological polar surface area (TPSA) is 61.0 Å². The van der Waals surface area contributed by atoms with Crippen LogP contribution in [0, 0.1) is 6.92 Å². The molecular formula is C10H11N3O. The Kier molecular flexibility index (Phi) is 1.96. The van der Waals surface area contributed by atoms with E-state index >= 15 is 0 Å². The van der Waals surface area contributed by atoms with E-state index in [4.69, 9.17) is 10.5 Å². The number of nitrogen functional groups attached to an aromatic ring is 1. The molecule has 0 spiro atoms. The molecule has 1 aromatic carbocycles. The van der Waals surface area contributed by atoms with E-state index in [0.29, 0.717) is 11.6 Å². The molecule has 0 aliphatic heterocycles. The van der Waals surface area contributed by atoms with Crippen LogP contribution in [0.2, 0.25) is 0 Å². The summed E-state index contributed by atoms with van der Waals surface area (Å²) in [6.45, 7) is 1.82. The zero-order valence-corrected chi connectivity index (χ0v) is 8.11. The monoisotopic (exact) mass is 189 g/mol. The lowest BCUT2D eigenvalue weighted by molar-refractivity contribution is 0.415. The van der Waals surface area contributed by atoms with Crippen molar-refractivity contribution in [2.75, 3.05) is 12.8 Å². The Morgan fingerprint density at radius 2 is 2.07 bits per heavy atom. The molecule has 4 heteroatoms. The second-order valence-electron chi connectivity index (χ2n) is 3.04. The average Bonchev–Trinajstić information content (AvgIpc) is 2.17. The zero-order chi connectivity index (χ0) is 10.1.